The molecule has 0 bridgehead atoms. The van der Waals surface area contributed by atoms with Crippen molar-refractivity contribution in [3.63, 3.8) is 0 Å². The highest BCUT2D eigenvalue weighted by Crippen LogP contribution is 2.25. The second-order valence-corrected chi connectivity index (χ2v) is 6.55. The first-order valence-corrected chi connectivity index (χ1v) is 7.63. The van der Waals surface area contributed by atoms with E-state index in [4.69, 9.17) is 11.0 Å². The average Bonchev–Trinajstić information content (AvgIpc) is 2.94. The van der Waals surface area contributed by atoms with Crippen molar-refractivity contribution in [3.05, 3.63) is 35.9 Å². The Morgan fingerprint density at radius 2 is 2.14 bits per heavy atom. The second-order valence-electron chi connectivity index (χ2n) is 4.64. The number of fused-ring (bicyclic) bond motifs is 1. The van der Waals surface area contributed by atoms with Gasteiger partial charge in [-0.2, -0.15) is 9.57 Å². The molecule has 0 spiro atoms. The Labute approximate surface area is 121 Å². The molecule has 2 aromatic rings. The van der Waals surface area contributed by atoms with Crippen molar-refractivity contribution in [1.29, 1.82) is 5.26 Å². The fourth-order valence-corrected chi connectivity index (χ4v) is 3.72. The minimum Gasteiger partial charge on any atom is -0.398 e. The SMILES string of the molecule is N#Cc1ccc(S(=O)(=O)N2CCn3cnnc3C2)c(N)c1. The minimum atomic E-state index is -3.72. The Kier molecular flexibility index (Phi) is 3.12. The predicted molar refractivity (Wildman–Crippen MR) is 73.2 cm³/mol. The van der Waals surface area contributed by atoms with E-state index in [1.165, 1.54) is 22.5 Å². The first-order chi connectivity index (χ1) is 10.0. The molecule has 3 rings (SSSR count). The third kappa shape index (κ3) is 2.24. The lowest BCUT2D eigenvalue weighted by atomic mass is 10.2. The summed E-state index contributed by atoms with van der Waals surface area (Å²) in [4.78, 5) is 0.00876. The van der Waals surface area contributed by atoms with E-state index in [2.05, 4.69) is 10.2 Å². The van der Waals surface area contributed by atoms with Gasteiger partial charge in [-0.05, 0) is 18.2 Å². The molecule has 0 radical (unpaired) electrons. The maximum atomic E-state index is 12.6. The van der Waals surface area contributed by atoms with Crippen LogP contribution in [-0.4, -0.2) is 34.0 Å². The van der Waals surface area contributed by atoms with Gasteiger partial charge in [0.2, 0.25) is 10.0 Å². The van der Waals surface area contributed by atoms with Gasteiger partial charge in [0, 0.05) is 13.1 Å². The quantitative estimate of drug-likeness (QED) is 0.776. The van der Waals surface area contributed by atoms with Crippen LogP contribution in [0.2, 0.25) is 0 Å². The number of hydrogen-bond acceptors (Lipinski definition) is 6. The van der Waals surface area contributed by atoms with Gasteiger partial charge in [-0.25, -0.2) is 8.42 Å². The Bertz CT molecular complexity index is 836. The fourth-order valence-electron chi connectivity index (χ4n) is 2.24. The first-order valence-electron chi connectivity index (χ1n) is 6.19. The van der Waals surface area contributed by atoms with Crippen molar-refractivity contribution in [2.45, 2.75) is 18.0 Å². The zero-order valence-electron chi connectivity index (χ0n) is 11.0. The Morgan fingerprint density at radius 1 is 1.33 bits per heavy atom. The van der Waals surface area contributed by atoms with Gasteiger partial charge < -0.3 is 10.3 Å². The van der Waals surface area contributed by atoms with Gasteiger partial charge in [0.25, 0.3) is 0 Å². The number of nitriles is 1. The smallest absolute Gasteiger partial charge is 0.245 e. The van der Waals surface area contributed by atoms with Crippen LogP contribution in [0.4, 0.5) is 5.69 Å². The number of hydrogen-bond donors (Lipinski definition) is 1. The standard InChI is InChI=1S/C12H12N6O2S/c13-6-9-1-2-11(10(14)5-9)21(19,20)18-4-3-17-8-15-16-12(17)7-18/h1-2,5,8H,3-4,7,14H2. The number of nitrogens with zero attached hydrogens (tertiary/aromatic N) is 5. The van der Waals surface area contributed by atoms with Crippen LogP contribution in [0.25, 0.3) is 0 Å². The van der Waals surface area contributed by atoms with Crippen molar-refractivity contribution < 1.29 is 8.42 Å². The summed E-state index contributed by atoms with van der Waals surface area (Å²) in [6.07, 6.45) is 1.58. The molecular formula is C12H12N6O2S. The highest BCUT2D eigenvalue weighted by atomic mass is 32.2. The zero-order valence-corrected chi connectivity index (χ0v) is 11.8. The highest BCUT2D eigenvalue weighted by molar-refractivity contribution is 7.89. The topological polar surface area (TPSA) is 118 Å². The molecule has 1 aromatic heterocycles. The maximum absolute atomic E-state index is 12.6. The largest absolute Gasteiger partial charge is 0.398 e. The van der Waals surface area contributed by atoms with Crippen LogP contribution in [0.1, 0.15) is 11.4 Å². The molecule has 9 heteroatoms. The van der Waals surface area contributed by atoms with E-state index in [9.17, 15) is 8.42 Å². The lowest BCUT2D eigenvalue weighted by molar-refractivity contribution is 0.335. The van der Waals surface area contributed by atoms with Crippen LogP contribution >= 0.6 is 0 Å². The first kappa shape index (κ1) is 13.5. The van der Waals surface area contributed by atoms with E-state index in [1.807, 2.05) is 10.6 Å². The van der Waals surface area contributed by atoms with E-state index in [1.54, 1.807) is 6.33 Å². The number of anilines is 1. The Morgan fingerprint density at radius 3 is 2.86 bits per heavy atom. The number of benzene rings is 1. The van der Waals surface area contributed by atoms with E-state index in [0.717, 1.165) is 0 Å². The predicted octanol–water partition coefficient (Wildman–Crippen LogP) is -0.0635. The molecule has 21 heavy (non-hydrogen) atoms. The molecule has 1 aliphatic heterocycles. The minimum absolute atomic E-state index is 0.00876. The van der Waals surface area contributed by atoms with E-state index in [0.29, 0.717) is 24.5 Å². The van der Waals surface area contributed by atoms with Gasteiger partial charge in [0.05, 0.1) is 23.9 Å². The molecule has 108 valence electrons. The summed E-state index contributed by atoms with van der Waals surface area (Å²) >= 11 is 0. The number of rotatable bonds is 2. The number of sulfonamides is 1. The Balaban J connectivity index is 1.97. The fraction of sp³-hybridized carbons (Fsp3) is 0.250. The number of aromatic nitrogens is 3. The van der Waals surface area contributed by atoms with Crippen LogP contribution in [-0.2, 0) is 23.1 Å². The van der Waals surface area contributed by atoms with Gasteiger partial charge in [-0.1, -0.05) is 0 Å². The molecule has 0 fully saturated rings. The molecule has 0 amide bonds. The molecule has 0 saturated heterocycles. The Hall–Kier alpha value is -2.44. The van der Waals surface area contributed by atoms with Gasteiger partial charge in [0.15, 0.2) is 0 Å². The third-order valence-corrected chi connectivity index (χ3v) is 5.28. The van der Waals surface area contributed by atoms with Crippen LogP contribution in [0.5, 0.6) is 0 Å². The molecule has 0 atom stereocenters. The van der Waals surface area contributed by atoms with E-state index in [-0.39, 0.29) is 17.1 Å². The van der Waals surface area contributed by atoms with Crippen molar-refractivity contribution in [1.82, 2.24) is 19.1 Å². The molecule has 8 nitrogen and oxygen atoms in total. The monoisotopic (exact) mass is 304 g/mol. The van der Waals surface area contributed by atoms with Gasteiger partial charge >= 0.3 is 0 Å². The summed E-state index contributed by atoms with van der Waals surface area (Å²) in [7, 11) is -3.72. The van der Waals surface area contributed by atoms with Crippen LogP contribution < -0.4 is 5.73 Å². The van der Waals surface area contributed by atoms with E-state index >= 15 is 0 Å². The van der Waals surface area contributed by atoms with Crippen molar-refractivity contribution in [3.8, 4) is 6.07 Å². The van der Waals surface area contributed by atoms with Crippen LogP contribution in [0, 0.1) is 11.3 Å². The molecule has 2 heterocycles. The summed E-state index contributed by atoms with van der Waals surface area (Å²) in [6, 6.07) is 6.09. The summed E-state index contributed by atoms with van der Waals surface area (Å²) in [5.41, 5.74) is 6.17. The average molecular weight is 304 g/mol. The molecule has 1 aromatic carbocycles. The van der Waals surface area contributed by atoms with Crippen LogP contribution in [0.3, 0.4) is 0 Å². The molecular weight excluding hydrogens is 292 g/mol. The van der Waals surface area contributed by atoms with Crippen molar-refractivity contribution in [2.24, 2.45) is 0 Å². The summed E-state index contributed by atoms with van der Waals surface area (Å²) < 4.78 is 28.4. The molecule has 1 aliphatic rings. The number of nitrogens with two attached hydrogens (primary N) is 1. The second kappa shape index (κ2) is 4.83. The van der Waals surface area contributed by atoms with Crippen molar-refractivity contribution in [2.75, 3.05) is 12.3 Å². The zero-order chi connectivity index (χ0) is 15.0. The lowest BCUT2D eigenvalue weighted by Gasteiger charge is -2.26. The molecule has 0 saturated carbocycles. The summed E-state index contributed by atoms with van der Waals surface area (Å²) in [5.74, 6) is 0.594. The maximum Gasteiger partial charge on any atom is 0.245 e. The summed E-state index contributed by atoms with van der Waals surface area (Å²) in [5, 5.41) is 16.5. The van der Waals surface area contributed by atoms with Gasteiger partial charge in [-0.15, -0.1) is 10.2 Å². The van der Waals surface area contributed by atoms with Crippen molar-refractivity contribution >= 4 is 15.7 Å². The normalized spacial score (nSPS) is 15.4. The molecule has 2 N–H and O–H groups in total. The number of nitrogen functional groups attached to an aromatic ring is 1. The van der Waals surface area contributed by atoms with Gasteiger partial charge in [-0.3, -0.25) is 0 Å². The third-order valence-electron chi connectivity index (χ3n) is 3.36. The summed E-state index contributed by atoms with van der Waals surface area (Å²) in [6.45, 7) is 0.979. The highest BCUT2D eigenvalue weighted by Gasteiger charge is 2.30. The lowest BCUT2D eigenvalue weighted by Crippen LogP contribution is -2.38. The van der Waals surface area contributed by atoms with Gasteiger partial charge in [0.1, 0.15) is 17.0 Å². The molecule has 0 aliphatic carbocycles. The van der Waals surface area contributed by atoms with E-state index < -0.39 is 10.0 Å². The molecule has 0 unspecified atom stereocenters. The van der Waals surface area contributed by atoms with Crippen LogP contribution in [0.15, 0.2) is 29.4 Å².